The van der Waals surface area contributed by atoms with Gasteiger partial charge in [-0.15, -0.1) is 10.1 Å². The van der Waals surface area contributed by atoms with E-state index in [0.717, 1.165) is 0 Å². The number of anilines is 1. The van der Waals surface area contributed by atoms with Crippen molar-refractivity contribution >= 4 is 11.7 Å². The van der Waals surface area contributed by atoms with E-state index in [2.05, 4.69) is 9.82 Å². The fraction of sp³-hybridized carbons (Fsp3) is 0.0769. The molecular formula is C13H11N3O5. The molecule has 2 N–H and O–H groups in total. The second-order valence-corrected chi connectivity index (χ2v) is 4.01. The summed E-state index contributed by atoms with van der Waals surface area (Å²) in [7, 11) is 0. The highest BCUT2D eigenvalue weighted by Crippen LogP contribution is 2.14. The number of carbonyl (C=O) groups is 1. The predicted octanol–water partition coefficient (Wildman–Crippen LogP) is 1.59. The highest BCUT2D eigenvalue weighted by Gasteiger charge is 2.10. The van der Waals surface area contributed by atoms with Gasteiger partial charge in [0, 0.05) is 11.9 Å². The van der Waals surface area contributed by atoms with Crippen LogP contribution in [0.3, 0.4) is 0 Å². The summed E-state index contributed by atoms with van der Waals surface area (Å²) in [6, 6.07) is 9.23. The van der Waals surface area contributed by atoms with Crippen LogP contribution in [-0.2, 0) is 11.4 Å². The van der Waals surface area contributed by atoms with Gasteiger partial charge in [0.25, 0.3) is 5.09 Å². The van der Waals surface area contributed by atoms with E-state index in [-0.39, 0.29) is 12.3 Å². The molecule has 0 amide bonds. The van der Waals surface area contributed by atoms with Crippen molar-refractivity contribution in [1.29, 1.82) is 0 Å². The molecule has 1 heterocycles. The van der Waals surface area contributed by atoms with E-state index in [0.29, 0.717) is 17.0 Å². The van der Waals surface area contributed by atoms with Gasteiger partial charge in [-0.25, -0.2) is 9.78 Å². The van der Waals surface area contributed by atoms with Crippen LogP contribution in [0.2, 0.25) is 0 Å². The molecule has 0 aliphatic carbocycles. The average Bonchev–Trinajstić information content (AvgIpc) is 2.48. The summed E-state index contributed by atoms with van der Waals surface area (Å²) >= 11 is 0. The molecule has 21 heavy (non-hydrogen) atoms. The molecule has 0 atom stereocenters. The number of nitrogen functional groups attached to an aromatic ring is 1. The van der Waals surface area contributed by atoms with Crippen LogP contribution in [0.15, 0.2) is 42.6 Å². The van der Waals surface area contributed by atoms with E-state index in [4.69, 9.17) is 10.5 Å². The van der Waals surface area contributed by atoms with Gasteiger partial charge in [-0.05, 0) is 35.9 Å². The first-order valence-electron chi connectivity index (χ1n) is 5.84. The summed E-state index contributed by atoms with van der Waals surface area (Å²) in [4.78, 5) is 29.9. The molecule has 0 saturated heterocycles. The summed E-state index contributed by atoms with van der Waals surface area (Å²) in [5.74, 6) is -0.293. The van der Waals surface area contributed by atoms with Gasteiger partial charge in [0.2, 0.25) is 0 Å². The Hall–Kier alpha value is -3.16. The molecule has 2 rings (SSSR count). The molecule has 0 saturated carbocycles. The van der Waals surface area contributed by atoms with Gasteiger partial charge >= 0.3 is 5.97 Å². The zero-order chi connectivity index (χ0) is 15.2. The molecule has 8 nitrogen and oxygen atoms in total. The molecule has 1 aromatic heterocycles. The molecule has 108 valence electrons. The number of pyridine rings is 1. The van der Waals surface area contributed by atoms with E-state index in [9.17, 15) is 14.9 Å². The van der Waals surface area contributed by atoms with Crippen molar-refractivity contribution in [1.82, 2.24) is 4.98 Å². The molecule has 0 aliphatic heterocycles. The third-order valence-electron chi connectivity index (χ3n) is 2.46. The topological polar surface area (TPSA) is 118 Å². The largest absolute Gasteiger partial charge is 0.422 e. The van der Waals surface area contributed by atoms with Crippen LogP contribution >= 0.6 is 0 Å². The van der Waals surface area contributed by atoms with E-state index in [1.807, 2.05) is 0 Å². The number of rotatable bonds is 5. The van der Waals surface area contributed by atoms with Crippen molar-refractivity contribution in [2.24, 2.45) is 0 Å². The predicted molar refractivity (Wildman–Crippen MR) is 71.8 cm³/mol. The van der Waals surface area contributed by atoms with Crippen molar-refractivity contribution in [3.8, 4) is 5.75 Å². The lowest BCUT2D eigenvalue weighted by Crippen LogP contribution is -2.11. The third-order valence-corrected chi connectivity index (χ3v) is 2.46. The number of hydrogen-bond donors (Lipinski definition) is 1. The van der Waals surface area contributed by atoms with Gasteiger partial charge in [0.05, 0.1) is 0 Å². The number of esters is 1. The maximum Gasteiger partial charge on any atom is 0.362 e. The number of nitrogens with two attached hydrogens (primary N) is 1. The summed E-state index contributed by atoms with van der Waals surface area (Å²) < 4.78 is 5.10. The third kappa shape index (κ3) is 4.16. The van der Waals surface area contributed by atoms with Crippen molar-refractivity contribution in [3.63, 3.8) is 0 Å². The van der Waals surface area contributed by atoms with Gasteiger partial charge in [-0.2, -0.15) is 0 Å². The van der Waals surface area contributed by atoms with Crippen LogP contribution < -0.4 is 10.5 Å². The minimum Gasteiger partial charge on any atom is -0.422 e. The molecule has 2 aromatic rings. The molecular weight excluding hydrogens is 278 g/mol. The Kier molecular flexibility index (Phi) is 4.30. The Labute approximate surface area is 119 Å². The number of nitrogens with zero attached hydrogens (tertiary/aromatic N) is 2. The number of hydrogen-bond acceptors (Lipinski definition) is 7. The molecule has 0 aliphatic rings. The van der Waals surface area contributed by atoms with Gasteiger partial charge in [0.1, 0.15) is 18.1 Å². The maximum absolute atomic E-state index is 11.8. The lowest BCUT2D eigenvalue weighted by molar-refractivity contribution is -0.763. The maximum atomic E-state index is 11.8. The Morgan fingerprint density at radius 2 is 1.95 bits per heavy atom. The number of ether oxygens (including phenoxy) is 1. The van der Waals surface area contributed by atoms with Crippen LogP contribution in [0.4, 0.5) is 5.69 Å². The quantitative estimate of drug-likeness (QED) is 0.292. The standard InChI is InChI=1S/C13H11N3O5/c14-10-2-4-11(5-3-10)21-13(17)12-6-1-9(7-15-12)8-20-16(18)19/h1-7H,8,14H2. The van der Waals surface area contributed by atoms with Crippen molar-refractivity contribution in [2.45, 2.75) is 6.61 Å². The number of benzene rings is 1. The molecule has 8 heteroatoms. The lowest BCUT2D eigenvalue weighted by atomic mass is 10.2. The molecule has 0 bridgehead atoms. The van der Waals surface area contributed by atoms with Crippen LogP contribution in [0.1, 0.15) is 16.1 Å². The van der Waals surface area contributed by atoms with Crippen molar-refractivity contribution in [3.05, 3.63) is 64.0 Å². The van der Waals surface area contributed by atoms with Gasteiger partial charge in [-0.3, -0.25) is 0 Å². The van der Waals surface area contributed by atoms with Crippen LogP contribution in [-0.4, -0.2) is 16.0 Å². The second kappa shape index (κ2) is 6.33. The average molecular weight is 289 g/mol. The molecule has 0 fully saturated rings. The van der Waals surface area contributed by atoms with Crippen molar-refractivity contribution < 1.29 is 19.5 Å². The van der Waals surface area contributed by atoms with E-state index >= 15 is 0 Å². The summed E-state index contributed by atoms with van der Waals surface area (Å²) in [6.45, 7) is -0.229. The minimum atomic E-state index is -0.900. The van der Waals surface area contributed by atoms with E-state index < -0.39 is 11.1 Å². The SMILES string of the molecule is Nc1ccc(OC(=O)c2ccc(CO[N+](=O)[O-])cn2)cc1. The minimum absolute atomic E-state index is 0.0803. The fourth-order valence-electron chi connectivity index (χ4n) is 1.45. The number of aromatic nitrogens is 1. The Morgan fingerprint density at radius 3 is 2.52 bits per heavy atom. The first kappa shape index (κ1) is 14.3. The van der Waals surface area contributed by atoms with Gasteiger partial charge in [0.15, 0.2) is 0 Å². The smallest absolute Gasteiger partial charge is 0.362 e. The summed E-state index contributed by atoms with van der Waals surface area (Å²) in [6.07, 6.45) is 1.31. The Balaban J connectivity index is 1.99. The van der Waals surface area contributed by atoms with Crippen LogP contribution in [0.25, 0.3) is 0 Å². The van der Waals surface area contributed by atoms with Crippen LogP contribution in [0.5, 0.6) is 5.75 Å². The zero-order valence-corrected chi connectivity index (χ0v) is 10.8. The molecule has 0 spiro atoms. The summed E-state index contributed by atoms with van der Waals surface area (Å²) in [5, 5.41) is 9.16. The lowest BCUT2D eigenvalue weighted by Gasteiger charge is -2.05. The molecule has 1 aromatic carbocycles. The molecule has 0 unspecified atom stereocenters. The van der Waals surface area contributed by atoms with Gasteiger partial charge < -0.3 is 15.3 Å². The Morgan fingerprint density at radius 1 is 1.24 bits per heavy atom. The highest BCUT2D eigenvalue weighted by molar-refractivity contribution is 5.88. The normalized spacial score (nSPS) is 9.90. The monoisotopic (exact) mass is 289 g/mol. The first-order chi connectivity index (χ1) is 10.0. The first-order valence-corrected chi connectivity index (χ1v) is 5.84. The fourth-order valence-corrected chi connectivity index (χ4v) is 1.45. The second-order valence-electron chi connectivity index (χ2n) is 4.01. The van der Waals surface area contributed by atoms with Crippen LogP contribution in [0, 0.1) is 10.1 Å². The van der Waals surface area contributed by atoms with E-state index in [1.165, 1.54) is 18.3 Å². The zero-order valence-electron chi connectivity index (χ0n) is 10.8. The van der Waals surface area contributed by atoms with Gasteiger partial charge in [-0.1, -0.05) is 6.07 Å². The van der Waals surface area contributed by atoms with Crippen molar-refractivity contribution in [2.75, 3.05) is 5.73 Å². The number of carbonyl (C=O) groups excluding carboxylic acids is 1. The highest BCUT2D eigenvalue weighted by atomic mass is 16.9. The molecule has 0 radical (unpaired) electrons. The summed E-state index contributed by atoms with van der Waals surface area (Å²) in [5.41, 5.74) is 6.63. The van der Waals surface area contributed by atoms with E-state index in [1.54, 1.807) is 24.3 Å². The Bertz CT molecular complexity index is 640.